The molecule has 1 atom stereocenters. The van der Waals surface area contributed by atoms with E-state index in [1.807, 2.05) is 4.90 Å². The molecule has 0 aliphatic carbocycles. The molecule has 0 aromatic carbocycles. The van der Waals surface area contributed by atoms with Crippen molar-refractivity contribution in [3.63, 3.8) is 0 Å². The molecule has 1 aliphatic rings. The van der Waals surface area contributed by atoms with Gasteiger partial charge in [-0.25, -0.2) is 0 Å². The van der Waals surface area contributed by atoms with Gasteiger partial charge in [-0.1, -0.05) is 6.42 Å². The van der Waals surface area contributed by atoms with E-state index in [1.165, 1.54) is 0 Å². The molecule has 1 saturated heterocycles. The molecule has 1 unspecified atom stereocenters. The number of hydrogen-bond acceptors (Lipinski definition) is 2. The Bertz CT molecular complexity index is 184. The van der Waals surface area contributed by atoms with E-state index in [0.29, 0.717) is 6.54 Å². The van der Waals surface area contributed by atoms with Crippen molar-refractivity contribution in [2.45, 2.75) is 44.3 Å². The van der Waals surface area contributed by atoms with E-state index in [2.05, 4.69) is 0 Å². The second kappa shape index (κ2) is 5.70. The third-order valence-corrected chi connectivity index (χ3v) is 2.87. The molecule has 0 radical (unpaired) electrons. The van der Waals surface area contributed by atoms with Crippen molar-refractivity contribution in [3.8, 4) is 0 Å². The van der Waals surface area contributed by atoms with Crippen molar-refractivity contribution in [1.29, 1.82) is 0 Å². The summed E-state index contributed by atoms with van der Waals surface area (Å²) >= 11 is 0. The molecular formula is C10H18F3NO. The Balaban J connectivity index is 2.23. The van der Waals surface area contributed by atoms with Gasteiger partial charge >= 0.3 is 6.18 Å². The van der Waals surface area contributed by atoms with Gasteiger partial charge in [0.15, 0.2) is 0 Å². The van der Waals surface area contributed by atoms with Crippen LogP contribution in [-0.2, 0) is 0 Å². The molecule has 15 heavy (non-hydrogen) atoms. The monoisotopic (exact) mass is 225 g/mol. The summed E-state index contributed by atoms with van der Waals surface area (Å²) < 4.78 is 35.8. The Morgan fingerprint density at radius 2 is 2.00 bits per heavy atom. The molecule has 90 valence electrons. The highest BCUT2D eigenvalue weighted by Crippen LogP contribution is 2.23. The molecule has 1 fully saturated rings. The van der Waals surface area contributed by atoms with Crippen molar-refractivity contribution >= 4 is 0 Å². The molecule has 0 spiro atoms. The van der Waals surface area contributed by atoms with Crippen LogP contribution in [0.1, 0.15) is 32.1 Å². The van der Waals surface area contributed by atoms with E-state index >= 15 is 0 Å². The Morgan fingerprint density at radius 3 is 2.60 bits per heavy atom. The molecule has 0 aromatic heterocycles. The molecule has 1 N–H and O–H groups in total. The maximum atomic E-state index is 11.9. The lowest BCUT2D eigenvalue weighted by molar-refractivity contribution is -0.136. The summed E-state index contributed by atoms with van der Waals surface area (Å²) in [4.78, 5) is 1.98. The van der Waals surface area contributed by atoms with Gasteiger partial charge in [0, 0.05) is 12.5 Å². The van der Waals surface area contributed by atoms with E-state index in [9.17, 15) is 13.2 Å². The summed E-state index contributed by atoms with van der Waals surface area (Å²) in [5, 5.41) is 9.06. The lowest BCUT2D eigenvalue weighted by Crippen LogP contribution is -2.42. The second-order valence-electron chi connectivity index (χ2n) is 4.09. The third-order valence-electron chi connectivity index (χ3n) is 2.87. The predicted octanol–water partition coefficient (Wildman–Crippen LogP) is 2.18. The first kappa shape index (κ1) is 12.8. The summed E-state index contributed by atoms with van der Waals surface area (Å²) in [6.07, 6.45) is -1.63. The van der Waals surface area contributed by atoms with Crippen molar-refractivity contribution in [2.75, 3.05) is 19.7 Å². The predicted molar refractivity (Wildman–Crippen MR) is 51.6 cm³/mol. The highest BCUT2D eigenvalue weighted by atomic mass is 19.4. The van der Waals surface area contributed by atoms with Crippen LogP contribution in [0.2, 0.25) is 0 Å². The van der Waals surface area contributed by atoms with Crippen LogP contribution in [0.25, 0.3) is 0 Å². The van der Waals surface area contributed by atoms with E-state index < -0.39 is 12.6 Å². The number of rotatable bonds is 4. The van der Waals surface area contributed by atoms with Gasteiger partial charge in [0.05, 0.1) is 6.61 Å². The molecule has 5 heteroatoms. The fraction of sp³-hybridized carbons (Fsp3) is 1.00. The summed E-state index contributed by atoms with van der Waals surface area (Å²) in [5.74, 6) is 0. The van der Waals surface area contributed by atoms with Crippen molar-refractivity contribution < 1.29 is 18.3 Å². The minimum atomic E-state index is -4.05. The summed E-state index contributed by atoms with van der Waals surface area (Å²) in [6.45, 7) is 1.33. The normalized spacial score (nSPS) is 24.4. The number of alkyl halides is 3. The van der Waals surface area contributed by atoms with Gasteiger partial charge in [0.25, 0.3) is 0 Å². The first-order valence-electron chi connectivity index (χ1n) is 5.44. The lowest BCUT2D eigenvalue weighted by atomic mass is 10.0. The van der Waals surface area contributed by atoms with Gasteiger partial charge in [0.1, 0.15) is 0 Å². The number of halogens is 3. The molecular weight excluding hydrogens is 207 g/mol. The van der Waals surface area contributed by atoms with Crippen LogP contribution in [-0.4, -0.2) is 41.9 Å². The van der Waals surface area contributed by atoms with Crippen LogP contribution in [0, 0.1) is 0 Å². The Labute approximate surface area is 88.1 Å². The van der Waals surface area contributed by atoms with Crippen molar-refractivity contribution in [1.82, 2.24) is 4.90 Å². The second-order valence-corrected chi connectivity index (χ2v) is 4.09. The summed E-state index contributed by atoms with van der Waals surface area (Å²) in [6, 6.07) is 0.0759. The highest BCUT2D eigenvalue weighted by Gasteiger charge is 2.28. The van der Waals surface area contributed by atoms with E-state index in [-0.39, 0.29) is 19.1 Å². The zero-order valence-electron chi connectivity index (χ0n) is 8.76. The lowest BCUT2D eigenvalue weighted by Gasteiger charge is -2.34. The van der Waals surface area contributed by atoms with Gasteiger partial charge in [-0.3, -0.25) is 4.90 Å². The molecule has 1 rings (SSSR count). The van der Waals surface area contributed by atoms with E-state index in [1.54, 1.807) is 0 Å². The number of aliphatic hydroxyl groups is 1. The van der Waals surface area contributed by atoms with Crippen molar-refractivity contribution in [2.24, 2.45) is 0 Å². The molecule has 0 bridgehead atoms. The van der Waals surface area contributed by atoms with Gasteiger partial charge in [-0.2, -0.15) is 13.2 Å². The topological polar surface area (TPSA) is 23.5 Å². The third kappa shape index (κ3) is 4.84. The molecule has 0 aromatic rings. The number of piperidine rings is 1. The number of nitrogens with zero attached hydrogens (tertiary/aromatic N) is 1. The van der Waals surface area contributed by atoms with Crippen LogP contribution in [0.5, 0.6) is 0 Å². The first-order chi connectivity index (χ1) is 7.03. The fourth-order valence-corrected chi connectivity index (χ4v) is 2.04. The molecule has 0 amide bonds. The molecule has 2 nitrogen and oxygen atoms in total. The zero-order valence-corrected chi connectivity index (χ0v) is 8.76. The Hall–Kier alpha value is -0.290. The van der Waals surface area contributed by atoms with Gasteiger partial charge in [-0.15, -0.1) is 0 Å². The zero-order chi connectivity index (χ0) is 11.3. The summed E-state index contributed by atoms with van der Waals surface area (Å²) in [5.41, 5.74) is 0. The molecule has 0 saturated carbocycles. The van der Waals surface area contributed by atoms with Gasteiger partial charge in [-0.05, 0) is 32.4 Å². The van der Waals surface area contributed by atoms with Gasteiger partial charge in [0.2, 0.25) is 0 Å². The smallest absolute Gasteiger partial charge is 0.389 e. The molecule has 1 aliphatic heterocycles. The van der Waals surface area contributed by atoms with E-state index in [4.69, 9.17) is 5.11 Å². The average molecular weight is 225 g/mol. The number of likely N-dealkylation sites (tertiary alicyclic amines) is 1. The average Bonchev–Trinajstić information content (AvgIpc) is 2.16. The van der Waals surface area contributed by atoms with Crippen LogP contribution in [0.15, 0.2) is 0 Å². The minimum absolute atomic E-state index is 0.0615. The maximum absolute atomic E-state index is 11.9. The van der Waals surface area contributed by atoms with Gasteiger partial charge < -0.3 is 5.11 Å². The molecule has 1 heterocycles. The van der Waals surface area contributed by atoms with Crippen LogP contribution >= 0.6 is 0 Å². The quantitative estimate of drug-likeness (QED) is 0.792. The van der Waals surface area contributed by atoms with Crippen LogP contribution < -0.4 is 0 Å². The van der Waals surface area contributed by atoms with Crippen LogP contribution in [0.3, 0.4) is 0 Å². The Kier molecular flexibility index (Phi) is 4.86. The largest absolute Gasteiger partial charge is 0.395 e. The fourth-order valence-electron chi connectivity index (χ4n) is 2.04. The summed E-state index contributed by atoms with van der Waals surface area (Å²) in [7, 11) is 0. The minimum Gasteiger partial charge on any atom is -0.395 e. The van der Waals surface area contributed by atoms with Crippen LogP contribution in [0.4, 0.5) is 13.2 Å². The Morgan fingerprint density at radius 1 is 1.27 bits per heavy atom. The van der Waals surface area contributed by atoms with Crippen molar-refractivity contribution in [3.05, 3.63) is 0 Å². The number of hydrogen-bond donors (Lipinski definition) is 1. The standard InChI is InChI=1S/C10H18F3NO/c11-10(12,13)5-3-7-14-6-2-1-4-9(14)8-15/h9,15H,1-8H2. The first-order valence-corrected chi connectivity index (χ1v) is 5.44. The maximum Gasteiger partial charge on any atom is 0.389 e. The van der Waals surface area contributed by atoms with E-state index in [0.717, 1.165) is 25.8 Å². The number of aliphatic hydroxyl groups excluding tert-OH is 1. The highest BCUT2D eigenvalue weighted by molar-refractivity contribution is 4.76. The SMILES string of the molecule is OCC1CCCCN1CCCC(F)(F)F.